The van der Waals surface area contributed by atoms with E-state index < -0.39 is 0 Å². The van der Waals surface area contributed by atoms with Gasteiger partial charge in [0.25, 0.3) is 0 Å². The Morgan fingerprint density at radius 2 is 1.79 bits per heavy atom. The smallest absolute Gasteiger partial charge is 0.0726 e. The van der Waals surface area contributed by atoms with E-state index in [0.29, 0.717) is 11.9 Å². The highest BCUT2D eigenvalue weighted by Gasteiger charge is 2.16. The number of pyridine rings is 1. The van der Waals surface area contributed by atoms with Crippen LogP contribution < -0.4 is 10.7 Å². The first-order valence-electron chi connectivity index (χ1n) is 9.83. The van der Waals surface area contributed by atoms with E-state index in [1.165, 1.54) is 23.1 Å². The van der Waals surface area contributed by atoms with Gasteiger partial charge in [-0.25, -0.2) is 0 Å². The SMILES string of the molecule is C=C(Cn1cc(C(=C)c2ccc(C)cc2)c(=N)c2cc3c(cc21)CCC3)NC. The van der Waals surface area contributed by atoms with Gasteiger partial charge in [-0.2, -0.15) is 0 Å². The predicted molar refractivity (Wildman–Crippen MR) is 117 cm³/mol. The molecule has 0 fully saturated rings. The molecular formula is C25H27N3. The molecule has 0 unspecified atom stereocenters. The Morgan fingerprint density at radius 3 is 2.46 bits per heavy atom. The van der Waals surface area contributed by atoms with Gasteiger partial charge >= 0.3 is 0 Å². The van der Waals surface area contributed by atoms with Crippen molar-refractivity contribution in [1.29, 1.82) is 5.41 Å². The number of aryl methyl sites for hydroxylation is 3. The fourth-order valence-corrected chi connectivity index (χ4v) is 4.04. The van der Waals surface area contributed by atoms with E-state index in [-0.39, 0.29) is 0 Å². The summed E-state index contributed by atoms with van der Waals surface area (Å²) >= 11 is 0. The van der Waals surface area contributed by atoms with Gasteiger partial charge < -0.3 is 9.88 Å². The lowest BCUT2D eigenvalue weighted by molar-refractivity contribution is 0.750. The molecule has 0 saturated heterocycles. The summed E-state index contributed by atoms with van der Waals surface area (Å²) in [5, 5.41) is 13.6. The van der Waals surface area contributed by atoms with E-state index in [1.54, 1.807) is 0 Å². The van der Waals surface area contributed by atoms with Crippen LogP contribution in [0.4, 0.5) is 0 Å². The van der Waals surface area contributed by atoms with E-state index in [1.807, 2.05) is 7.05 Å². The third-order valence-electron chi connectivity index (χ3n) is 5.78. The van der Waals surface area contributed by atoms with Gasteiger partial charge in [0.05, 0.1) is 17.4 Å². The van der Waals surface area contributed by atoms with Gasteiger partial charge in [-0.15, -0.1) is 0 Å². The van der Waals surface area contributed by atoms with Crippen LogP contribution in [0.25, 0.3) is 16.5 Å². The third-order valence-corrected chi connectivity index (χ3v) is 5.78. The van der Waals surface area contributed by atoms with Gasteiger partial charge in [-0.3, -0.25) is 5.41 Å². The fraction of sp³-hybridized carbons (Fsp3) is 0.240. The molecule has 0 bridgehead atoms. The Morgan fingerprint density at radius 1 is 1.11 bits per heavy atom. The summed E-state index contributed by atoms with van der Waals surface area (Å²) in [4.78, 5) is 0. The molecule has 1 heterocycles. The average Bonchev–Trinajstić information content (AvgIpc) is 3.16. The quantitative estimate of drug-likeness (QED) is 0.672. The van der Waals surface area contributed by atoms with Crippen LogP contribution in [0.2, 0.25) is 0 Å². The summed E-state index contributed by atoms with van der Waals surface area (Å²) < 4.78 is 2.21. The monoisotopic (exact) mass is 369 g/mol. The van der Waals surface area contributed by atoms with E-state index in [2.05, 4.69) is 72.6 Å². The Hall–Kier alpha value is -3.07. The number of aromatic nitrogens is 1. The normalized spacial score (nSPS) is 12.8. The Bertz CT molecular complexity index is 1150. The second-order valence-electron chi connectivity index (χ2n) is 7.74. The molecule has 142 valence electrons. The van der Waals surface area contributed by atoms with Crippen molar-refractivity contribution in [3.63, 3.8) is 0 Å². The third kappa shape index (κ3) is 3.18. The van der Waals surface area contributed by atoms with Crippen LogP contribution >= 0.6 is 0 Å². The van der Waals surface area contributed by atoms with Crippen LogP contribution in [0.15, 0.2) is 61.4 Å². The van der Waals surface area contributed by atoms with Crippen molar-refractivity contribution in [2.45, 2.75) is 32.7 Å². The Balaban J connectivity index is 1.93. The molecule has 2 N–H and O–H groups in total. The van der Waals surface area contributed by atoms with Gasteiger partial charge in [0, 0.05) is 29.9 Å². The van der Waals surface area contributed by atoms with Gasteiger partial charge in [-0.05, 0) is 60.6 Å². The lowest BCUT2D eigenvalue weighted by Gasteiger charge is -2.18. The molecule has 28 heavy (non-hydrogen) atoms. The van der Waals surface area contributed by atoms with Gasteiger partial charge in [0.15, 0.2) is 0 Å². The molecule has 0 aliphatic heterocycles. The number of nitrogens with one attached hydrogen (secondary N) is 2. The number of nitrogens with zero attached hydrogens (tertiary/aromatic N) is 1. The Kier molecular flexibility index (Phi) is 4.68. The van der Waals surface area contributed by atoms with Crippen molar-refractivity contribution in [3.8, 4) is 0 Å². The molecule has 0 saturated carbocycles. The topological polar surface area (TPSA) is 40.8 Å². The van der Waals surface area contributed by atoms with Crippen molar-refractivity contribution >= 4 is 16.5 Å². The maximum atomic E-state index is 8.94. The van der Waals surface area contributed by atoms with E-state index in [0.717, 1.165) is 46.1 Å². The minimum Gasteiger partial charge on any atom is -0.390 e. The molecule has 4 rings (SSSR count). The largest absolute Gasteiger partial charge is 0.390 e. The molecular weight excluding hydrogens is 342 g/mol. The number of rotatable bonds is 5. The number of fused-ring (bicyclic) bond motifs is 2. The summed E-state index contributed by atoms with van der Waals surface area (Å²) in [7, 11) is 1.90. The zero-order chi connectivity index (χ0) is 19.8. The first kappa shape index (κ1) is 18.3. The van der Waals surface area contributed by atoms with Gasteiger partial charge in [-0.1, -0.05) is 43.0 Å². The molecule has 0 radical (unpaired) electrons. The zero-order valence-electron chi connectivity index (χ0n) is 16.7. The maximum absolute atomic E-state index is 8.94. The molecule has 1 aliphatic rings. The van der Waals surface area contributed by atoms with Crippen molar-refractivity contribution in [2.24, 2.45) is 0 Å². The average molecular weight is 370 g/mol. The molecule has 3 nitrogen and oxygen atoms in total. The van der Waals surface area contributed by atoms with Crippen molar-refractivity contribution in [1.82, 2.24) is 9.88 Å². The second-order valence-corrected chi connectivity index (χ2v) is 7.74. The lowest BCUT2D eigenvalue weighted by atomic mass is 9.96. The van der Waals surface area contributed by atoms with Gasteiger partial charge in [0.2, 0.25) is 0 Å². The van der Waals surface area contributed by atoms with Crippen LogP contribution in [0.1, 0.15) is 34.2 Å². The molecule has 0 spiro atoms. The first-order chi connectivity index (χ1) is 13.5. The molecule has 3 heteroatoms. The first-order valence-corrected chi connectivity index (χ1v) is 9.83. The highest BCUT2D eigenvalue weighted by atomic mass is 15.0. The lowest BCUT2D eigenvalue weighted by Crippen LogP contribution is -2.18. The van der Waals surface area contributed by atoms with Crippen LogP contribution in [-0.2, 0) is 19.4 Å². The highest BCUT2D eigenvalue weighted by Crippen LogP contribution is 2.28. The number of benzene rings is 2. The summed E-state index contributed by atoms with van der Waals surface area (Å²) in [5.74, 6) is 0. The molecule has 0 atom stereocenters. The van der Waals surface area contributed by atoms with E-state index in [9.17, 15) is 0 Å². The summed E-state index contributed by atoms with van der Waals surface area (Å²) in [6.07, 6.45) is 5.50. The number of hydrogen-bond donors (Lipinski definition) is 2. The predicted octanol–water partition coefficient (Wildman–Crippen LogP) is 4.71. The minimum absolute atomic E-state index is 0.557. The molecule has 1 aromatic heterocycles. The van der Waals surface area contributed by atoms with Crippen LogP contribution in [-0.4, -0.2) is 11.6 Å². The number of hydrogen-bond acceptors (Lipinski definition) is 2. The van der Waals surface area contributed by atoms with Crippen molar-refractivity contribution in [2.75, 3.05) is 7.05 Å². The second kappa shape index (κ2) is 7.16. The fourth-order valence-electron chi connectivity index (χ4n) is 4.04. The summed E-state index contributed by atoms with van der Waals surface area (Å²) in [6.45, 7) is 11.2. The molecule has 2 aromatic carbocycles. The molecule has 0 amide bonds. The number of allylic oxidation sites excluding steroid dienone is 1. The zero-order valence-corrected chi connectivity index (χ0v) is 16.7. The van der Waals surface area contributed by atoms with Crippen LogP contribution in [0, 0.1) is 12.3 Å². The van der Waals surface area contributed by atoms with Crippen molar-refractivity contribution < 1.29 is 0 Å². The minimum atomic E-state index is 0.557. The molecule has 1 aliphatic carbocycles. The van der Waals surface area contributed by atoms with Crippen LogP contribution in [0.5, 0.6) is 0 Å². The summed E-state index contributed by atoms with van der Waals surface area (Å²) in [6, 6.07) is 12.9. The highest BCUT2D eigenvalue weighted by molar-refractivity contribution is 5.87. The van der Waals surface area contributed by atoms with E-state index >= 15 is 0 Å². The molecule has 3 aromatic rings. The maximum Gasteiger partial charge on any atom is 0.0726 e. The number of likely N-dealkylation sites (N-methyl/N-ethyl adjacent to an activating group) is 1. The Labute approximate surface area is 166 Å². The van der Waals surface area contributed by atoms with Crippen LogP contribution in [0.3, 0.4) is 0 Å². The van der Waals surface area contributed by atoms with Crippen molar-refractivity contribution in [3.05, 3.63) is 94.6 Å². The standard InChI is InChI=1S/C25H27N3/c1-16-8-10-19(11-9-16)18(3)23-15-28(14-17(2)27-4)24-13-21-7-5-6-20(21)12-22(24)25(23)26/h8-13,15,26-27H,2-3,5-7,14H2,1,4H3. The summed E-state index contributed by atoms with van der Waals surface area (Å²) in [5.41, 5.74) is 8.88. The van der Waals surface area contributed by atoms with E-state index in [4.69, 9.17) is 5.41 Å². The van der Waals surface area contributed by atoms with Gasteiger partial charge in [0.1, 0.15) is 0 Å².